The minimum absolute atomic E-state index is 0.736. The summed E-state index contributed by atoms with van der Waals surface area (Å²) in [4.78, 5) is 12.1. The second-order valence-corrected chi connectivity index (χ2v) is 5.33. The van der Waals surface area contributed by atoms with Crippen molar-refractivity contribution in [3.8, 4) is 11.4 Å². The van der Waals surface area contributed by atoms with Gasteiger partial charge in [-0.1, -0.05) is 6.07 Å². The van der Waals surface area contributed by atoms with E-state index in [4.69, 9.17) is 0 Å². The highest BCUT2D eigenvalue weighted by molar-refractivity contribution is 5.79. The molecule has 0 unspecified atom stereocenters. The number of hydrogen-bond acceptors (Lipinski definition) is 3. The highest BCUT2D eigenvalue weighted by Crippen LogP contribution is 2.22. The molecule has 0 radical (unpaired) electrons. The molecular formula is C16H16N4. The average molecular weight is 264 g/mol. The topological polar surface area (TPSA) is 53.6 Å². The number of H-pyrrole nitrogens is 1. The minimum Gasteiger partial charge on any atom is -0.338 e. The molecule has 0 spiro atoms. The van der Waals surface area contributed by atoms with Gasteiger partial charge in [-0.05, 0) is 42.7 Å². The molecule has 1 saturated carbocycles. The number of aromatic nitrogens is 3. The first-order valence-corrected chi connectivity index (χ1v) is 7.01. The predicted molar refractivity (Wildman–Crippen MR) is 79.2 cm³/mol. The summed E-state index contributed by atoms with van der Waals surface area (Å²) in [6, 6.07) is 11.1. The summed E-state index contributed by atoms with van der Waals surface area (Å²) in [5.41, 5.74) is 4.46. The lowest BCUT2D eigenvalue weighted by atomic mass is 10.2. The summed E-state index contributed by atoms with van der Waals surface area (Å²) < 4.78 is 0. The van der Waals surface area contributed by atoms with Gasteiger partial charge in [0.2, 0.25) is 0 Å². The van der Waals surface area contributed by atoms with Gasteiger partial charge in [0.05, 0.1) is 11.0 Å². The molecule has 4 rings (SSSR count). The van der Waals surface area contributed by atoms with Crippen LogP contribution in [0.15, 0.2) is 42.7 Å². The number of benzene rings is 1. The van der Waals surface area contributed by atoms with E-state index in [9.17, 15) is 0 Å². The first-order valence-electron chi connectivity index (χ1n) is 7.01. The lowest BCUT2D eigenvalue weighted by molar-refractivity contribution is 0.688. The molecule has 2 N–H and O–H groups in total. The van der Waals surface area contributed by atoms with E-state index >= 15 is 0 Å². The van der Waals surface area contributed by atoms with Crippen molar-refractivity contribution in [2.45, 2.75) is 25.4 Å². The molecule has 4 heteroatoms. The third-order valence-electron chi connectivity index (χ3n) is 3.67. The zero-order valence-electron chi connectivity index (χ0n) is 11.1. The van der Waals surface area contributed by atoms with Crippen LogP contribution in [0, 0.1) is 0 Å². The Morgan fingerprint density at radius 2 is 2.00 bits per heavy atom. The number of aromatic amines is 1. The van der Waals surface area contributed by atoms with E-state index in [0.717, 1.165) is 35.0 Å². The maximum atomic E-state index is 4.63. The van der Waals surface area contributed by atoms with Crippen molar-refractivity contribution < 1.29 is 0 Å². The number of nitrogens with zero attached hydrogens (tertiary/aromatic N) is 2. The van der Waals surface area contributed by atoms with Crippen LogP contribution in [0.1, 0.15) is 18.4 Å². The van der Waals surface area contributed by atoms with Crippen molar-refractivity contribution in [1.29, 1.82) is 0 Å². The third kappa shape index (κ3) is 2.30. The van der Waals surface area contributed by atoms with Crippen molar-refractivity contribution >= 4 is 11.0 Å². The Labute approximate surface area is 117 Å². The Morgan fingerprint density at radius 3 is 2.80 bits per heavy atom. The zero-order chi connectivity index (χ0) is 13.4. The van der Waals surface area contributed by atoms with Crippen molar-refractivity contribution in [3.05, 3.63) is 48.3 Å². The molecule has 0 atom stereocenters. The van der Waals surface area contributed by atoms with E-state index in [1.165, 1.54) is 18.4 Å². The monoisotopic (exact) mass is 264 g/mol. The second-order valence-electron chi connectivity index (χ2n) is 5.33. The normalized spacial score (nSPS) is 14.8. The Hall–Kier alpha value is -2.20. The Bertz CT molecular complexity index is 729. The van der Waals surface area contributed by atoms with Crippen LogP contribution in [0.3, 0.4) is 0 Å². The van der Waals surface area contributed by atoms with Crippen molar-refractivity contribution in [3.63, 3.8) is 0 Å². The molecule has 1 aliphatic rings. The number of rotatable bonds is 4. The van der Waals surface area contributed by atoms with Gasteiger partial charge < -0.3 is 10.3 Å². The van der Waals surface area contributed by atoms with E-state index in [2.05, 4.69) is 38.5 Å². The molecule has 4 nitrogen and oxygen atoms in total. The van der Waals surface area contributed by atoms with Gasteiger partial charge in [0.1, 0.15) is 5.82 Å². The molecule has 1 aromatic carbocycles. The molecular weight excluding hydrogens is 248 g/mol. The molecule has 1 fully saturated rings. The third-order valence-corrected chi connectivity index (χ3v) is 3.67. The maximum Gasteiger partial charge on any atom is 0.138 e. The van der Waals surface area contributed by atoms with E-state index in [-0.39, 0.29) is 0 Å². The zero-order valence-corrected chi connectivity index (χ0v) is 11.1. The summed E-state index contributed by atoms with van der Waals surface area (Å²) in [5, 5.41) is 3.53. The fourth-order valence-electron chi connectivity index (χ4n) is 2.36. The first kappa shape index (κ1) is 11.6. The van der Waals surface area contributed by atoms with Gasteiger partial charge in [-0.2, -0.15) is 0 Å². The van der Waals surface area contributed by atoms with Crippen LogP contribution in [0.2, 0.25) is 0 Å². The largest absolute Gasteiger partial charge is 0.338 e. The van der Waals surface area contributed by atoms with Gasteiger partial charge >= 0.3 is 0 Å². The number of fused-ring (bicyclic) bond motifs is 1. The Morgan fingerprint density at radius 1 is 1.15 bits per heavy atom. The fourth-order valence-corrected chi connectivity index (χ4v) is 2.36. The molecule has 0 aliphatic heterocycles. The highest BCUT2D eigenvalue weighted by Gasteiger charge is 2.19. The van der Waals surface area contributed by atoms with Gasteiger partial charge in [-0.25, -0.2) is 4.98 Å². The van der Waals surface area contributed by atoms with Crippen molar-refractivity contribution in [1.82, 2.24) is 20.3 Å². The standard InChI is InChI=1S/C16H16N4/c1-4-14-15(9-11(1)10-18-13-2-3-13)20-16(19-14)12-5-7-17-8-6-12/h1,4-9,13,18H,2-3,10H2,(H,19,20). The van der Waals surface area contributed by atoms with Crippen LogP contribution >= 0.6 is 0 Å². The maximum absolute atomic E-state index is 4.63. The van der Waals surface area contributed by atoms with E-state index in [0.29, 0.717) is 0 Å². The SMILES string of the molecule is c1cc(-c2nc3ccc(CNC4CC4)cc3[nH]2)ccn1. The summed E-state index contributed by atoms with van der Waals surface area (Å²) in [5.74, 6) is 0.898. The molecule has 20 heavy (non-hydrogen) atoms. The molecule has 3 aromatic rings. The molecule has 2 heterocycles. The smallest absolute Gasteiger partial charge is 0.138 e. The van der Waals surface area contributed by atoms with Crippen LogP contribution in [0.4, 0.5) is 0 Å². The molecule has 0 amide bonds. The quantitative estimate of drug-likeness (QED) is 0.762. The summed E-state index contributed by atoms with van der Waals surface area (Å²) in [6.45, 7) is 0.935. The number of pyridine rings is 1. The van der Waals surface area contributed by atoms with E-state index in [1.54, 1.807) is 12.4 Å². The van der Waals surface area contributed by atoms with Gasteiger partial charge in [0.15, 0.2) is 0 Å². The van der Waals surface area contributed by atoms with Crippen LogP contribution in [-0.2, 0) is 6.54 Å². The highest BCUT2D eigenvalue weighted by atomic mass is 14.9. The second kappa shape index (κ2) is 4.72. The van der Waals surface area contributed by atoms with Gasteiger partial charge in [-0.15, -0.1) is 0 Å². The number of imidazole rings is 1. The molecule has 100 valence electrons. The van der Waals surface area contributed by atoms with E-state index < -0.39 is 0 Å². The average Bonchev–Trinajstić information content (AvgIpc) is 3.23. The summed E-state index contributed by atoms with van der Waals surface area (Å²) in [7, 11) is 0. The Kier molecular flexibility index (Phi) is 2.74. The molecule has 1 aliphatic carbocycles. The lowest BCUT2D eigenvalue weighted by Gasteiger charge is -2.02. The summed E-state index contributed by atoms with van der Waals surface area (Å²) >= 11 is 0. The Balaban J connectivity index is 1.64. The lowest BCUT2D eigenvalue weighted by Crippen LogP contribution is -2.15. The molecule has 0 bridgehead atoms. The van der Waals surface area contributed by atoms with Crippen molar-refractivity contribution in [2.75, 3.05) is 0 Å². The van der Waals surface area contributed by atoms with Crippen molar-refractivity contribution in [2.24, 2.45) is 0 Å². The minimum atomic E-state index is 0.736. The fraction of sp³-hybridized carbons (Fsp3) is 0.250. The number of nitrogens with one attached hydrogen (secondary N) is 2. The van der Waals surface area contributed by atoms with Crippen LogP contribution in [0.25, 0.3) is 22.4 Å². The van der Waals surface area contributed by atoms with Crippen LogP contribution < -0.4 is 5.32 Å². The van der Waals surface area contributed by atoms with Crippen LogP contribution in [0.5, 0.6) is 0 Å². The van der Waals surface area contributed by atoms with Gasteiger partial charge in [-0.3, -0.25) is 4.98 Å². The summed E-state index contributed by atoms with van der Waals surface area (Å²) in [6.07, 6.45) is 6.21. The molecule has 0 saturated heterocycles. The first-order chi connectivity index (χ1) is 9.88. The molecule has 2 aromatic heterocycles. The van der Waals surface area contributed by atoms with E-state index in [1.807, 2.05) is 12.1 Å². The predicted octanol–water partition coefficient (Wildman–Crippen LogP) is 2.88. The number of hydrogen-bond donors (Lipinski definition) is 2. The van der Waals surface area contributed by atoms with Crippen LogP contribution in [-0.4, -0.2) is 21.0 Å². The van der Waals surface area contributed by atoms with Gasteiger partial charge in [0.25, 0.3) is 0 Å². The van der Waals surface area contributed by atoms with Gasteiger partial charge in [0, 0.05) is 30.5 Å².